The van der Waals surface area contributed by atoms with Gasteiger partial charge in [0.2, 0.25) is 0 Å². The Kier molecular flexibility index (Phi) is 9.60. The topological polar surface area (TPSA) is 104 Å². The molecule has 0 aromatic heterocycles. The third kappa shape index (κ3) is 6.77. The molecule has 4 aromatic rings. The van der Waals surface area contributed by atoms with Crippen molar-refractivity contribution >= 4 is 11.6 Å². The molecule has 6 nitrogen and oxygen atoms in total. The second-order valence-corrected chi connectivity index (χ2v) is 8.12. The molecule has 0 heterocycles. The van der Waals surface area contributed by atoms with E-state index in [2.05, 4.69) is 13.2 Å². The Morgan fingerprint density at radius 1 is 0.711 bits per heavy atom. The molecule has 0 aliphatic carbocycles. The number of ketones is 2. The van der Waals surface area contributed by atoms with Gasteiger partial charge in [-0.25, -0.2) is 0 Å². The van der Waals surface area contributed by atoms with Gasteiger partial charge in [0.25, 0.3) is 0 Å². The highest BCUT2D eigenvalue weighted by atomic mass is 16.5. The molecule has 4 rings (SSSR count). The molecule has 0 radical (unpaired) electrons. The van der Waals surface area contributed by atoms with E-state index in [0.29, 0.717) is 35.5 Å². The largest absolute Gasteiger partial charge is 0.508 e. The van der Waals surface area contributed by atoms with E-state index in [4.69, 9.17) is 4.74 Å². The molecule has 3 N–H and O–H groups in total. The van der Waals surface area contributed by atoms with Crippen molar-refractivity contribution in [3.8, 4) is 23.0 Å². The van der Waals surface area contributed by atoms with E-state index in [1.807, 2.05) is 12.1 Å². The molecular weight excluding hydrogens is 480 g/mol. The Balaban J connectivity index is 0.000000267. The highest BCUT2D eigenvalue weighted by Crippen LogP contribution is 2.32. The number of aromatic hydroxyl groups is 3. The Morgan fingerprint density at radius 3 is 1.79 bits per heavy atom. The zero-order chi connectivity index (χ0) is 27.5. The molecule has 0 aliphatic rings. The molecule has 38 heavy (non-hydrogen) atoms. The van der Waals surface area contributed by atoms with Crippen LogP contribution in [-0.2, 0) is 6.42 Å². The lowest BCUT2D eigenvalue weighted by molar-refractivity contribution is 0.102. The monoisotopic (exact) mass is 511 g/mol. The molecule has 0 fully saturated rings. The van der Waals surface area contributed by atoms with Crippen LogP contribution in [0.25, 0.3) is 0 Å². The smallest absolute Gasteiger partial charge is 0.196 e. The first-order valence-corrected chi connectivity index (χ1v) is 11.8. The molecule has 0 saturated carbocycles. The second-order valence-electron chi connectivity index (χ2n) is 8.12. The Hall–Kier alpha value is -5.10. The zero-order valence-corrected chi connectivity index (χ0v) is 20.7. The summed E-state index contributed by atoms with van der Waals surface area (Å²) in [6.45, 7) is 7.46. The van der Waals surface area contributed by atoms with E-state index in [1.165, 1.54) is 18.2 Å². The molecule has 0 saturated heterocycles. The first kappa shape index (κ1) is 27.5. The zero-order valence-electron chi connectivity index (χ0n) is 20.7. The molecule has 0 aliphatic heterocycles. The van der Waals surface area contributed by atoms with Gasteiger partial charge in [-0.1, -0.05) is 79.4 Å². The summed E-state index contributed by atoms with van der Waals surface area (Å²) >= 11 is 0. The van der Waals surface area contributed by atoms with Crippen molar-refractivity contribution in [2.24, 2.45) is 0 Å². The predicted octanol–water partition coefficient (Wildman–Crippen LogP) is 6.49. The maximum absolute atomic E-state index is 12.3. The summed E-state index contributed by atoms with van der Waals surface area (Å²) in [5.41, 5.74) is 1.79. The summed E-state index contributed by atoms with van der Waals surface area (Å²) in [4.78, 5) is 24.4. The minimum atomic E-state index is -0.275. The molecule has 6 heteroatoms. The molecule has 4 aromatic carbocycles. The van der Waals surface area contributed by atoms with E-state index in [1.54, 1.807) is 72.8 Å². The highest BCUT2D eigenvalue weighted by molar-refractivity contribution is 6.11. The van der Waals surface area contributed by atoms with Crippen molar-refractivity contribution in [3.05, 3.63) is 144 Å². The van der Waals surface area contributed by atoms with Crippen molar-refractivity contribution in [1.82, 2.24) is 0 Å². The van der Waals surface area contributed by atoms with Gasteiger partial charge in [0.05, 0.1) is 11.1 Å². The fraction of sp³-hybridized carbons (Fsp3) is 0.0625. The van der Waals surface area contributed by atoms with Gasteiger partial charge >= 0.3 is 0 Å². The minimum absolute atomic E-state index is 0. The first-order valence-electron chi connectivity index (χ1n) is 11.8. The fourth-order valence-corrected chi connectivity index (χ4v) is 3.59. The van der Waals surface area contributed by atoms with Crippen molar-refractivity contribution in [2.75, 3.05) is 6.61 Å². The Morgan fingerprint density at radius 2 is 1.26 bits per heavy atom. The summed E-state index contributed by atoms with van der Waals surface area (Å²) in [7, 11) is 0. The molecule has 0 bridgehead atoms. The van der Waals surface area contributed by atoms with Gasteiger partial charge in [-0.3, -0.25) is 9.59 Å². The number of rotatable bonds is 9. The lowest BCUT2D eigenvalue weighted by Gasteiger charge is -2.09. The van der Waals surface area contributed by atoms with Crippen LogP contribution < -0.4 is 4.74 Å². The maximum Gasteiger partial charge on any atom is 0.196 e. The second kappa shape index (κ2) is 13.3. The van der Waals surface area contributed by atoms with E-state index < -0.39 is 0 Å². The molecule has 194 valence electrons. The number of hydrogen-bond acceptors (Lipinski definition) is 6. The molecular formula is C32H30O6. The first-order chi connectivity index (χ1) is 18.4. The van der Waals surface area contributed by atoms with Crippen LogP contribution >= 0.6 is 0 Å². The van der Waals surface area contributed by atoms with Gasteiger partial charge < -0.3 is 20.1 Å². The standard InChI is InChI=1S/2C16H14O3.H2/c1-2-10-19-13-8-9-14(15(17)11-13)16(18)12-6-4-3-5-7-12;1-2-6-12-14(17)10-9-13(16(12)19)15(18)11-7-4-3-5-8-11;/h2-9,11,17H,1,10H2;2-5,7-10,17,19H,1,6H2;1H/i;;1+1. The molecule has 0 spiro atoms. The lowest BCUT2D eigenvalue weighted by atomic mass is 9.98. The van der Waals surface area contributed by atoms with E-state index >= 15 is 0 Å². The number of carbonyl (C=O) groups is 2. The van der Waals surface area contributed by atoms with Gasteiger partial charge in [-0.2, -0.15) is 0 Å². The van der Waals surface area contributed by atoms with Crippen molar-refractivity contribution in [3.63, 3.8) is 0 Å². The van der Waals surface area contributed by atoms with Crippen LogP contribution in [0.5, 0.6) is 23.0 Å². The van der Waals surface area contributed by atoms with Gasteiger partial charge in [-0.05, 0) is 30.7 Å². The Bertz CT molecular complexity index is 1430. The van der Waals surface area contributed by atoms with Crippen LogP contribution in [0.15, 0.2) is 116 Å². The van der Waals surface area contributed by atoms with Crippen LogP contribution in [0, 0.1) is 0 Å². The molecule has 0 unspecified atom stereocenters. The van der Waals surface area contributed by atoms with E-state index in [0.717, 1.165) is 0 Å². The lowest BCUT2D eigenvalue weighted by Crippen LogP contribution is -2.03. The number of phenolic OH excluding ortho intramolecular Hbond substituents is 3. The summed E-state index contributed by atoms with van der Waals surface area (Å²) in [6.07, 6.45) is 3.47. The SMILES string of the molecule is C=CCOc1ccc(C(=O)c2ccccc2)c(O)c1.C=CCc1c(O)ccc(C(=O)c2ccccc2)c1O.[2HH]. The summed E-state index contributed by atoms with van der Waals surface area (Å²) in [6, 6.07) is 25.0. The van der Waals surface area contributed by atoms with Gasteiger partial charge in [-0.15, -0.1) is 6.58 Å². The van der Waals surface area contributed by atoms with Crippen LogP contribution in [0.2, 0.25) is 0 Å². The third-order valence-corrected chi connectivity index (χ3v) is 5.50. The number of allylic oxidation sites excluding steroid dienone is 1. The fourth-order valence-electron chi connectivity index (χ4n) is 3.59. The van der Waals surface area contributed by atoms with E-state index in [-0.39, 0.29) is 41.4 Å². The molecule has 0 atom stereocenters. The average Bonchev–Trinajstić information content (AvgIpc) is 2.95. The third-order valence-electron chi connectivity index (χ3n) is 5.50. The van der Waals surface area contributed by atoms with Gasteiger partial charge in [0, 0.05) is 24.2 Å². The van der Waals surface area contributed by atoms with Crippen LogP contribution in [0.1, 0.15) is 38.8 Å². The normalized spacial score (nSPS) is 10.0. The number of ether oxygens (including phenoxy) is 1. The summed E-state index contributed by atoms with van der Waals surface area (Å²) in [5.74, 6) is -0.301. The molecule has 0 amide bonds. The maximum atomic E-state index is 12.3. The van der Waals surface area contributed by atoms with Crippen molar-refractivity contribution < 1.29 is 31.1 Å². The summed E-state index contributed by atoms with van der Waals surface area (Å²) in [5, 5.41) is 29.7. The Labute approximate surface area is 222 Å². The van der Waals surface area contributed by atoms with Crippen LogP contribution in [0.4, 0.5) is 0 Å². The number of hydrogen-bond donors (Lipinski definition) is 3. The average molecular weight is 512 g/mol. The van der Waals surface area contributed by atoms with Crippen molar-refractivity contribution in [1.29, 1.82) is 0 Å². The number of phenols is 3. The van der Waals surface area contributed by atoms with Crippen LogP contribution in [-0.4, -0.2) is 33.5 Å². The van der Waals surface area contributed by atoms with Crippen LogP contribution in [0.3, 0.4) is 0 Å². The number of carbonyl (C=O) groups excluding carboxylic acids is 2. The van der Waals surface area contributed by atoms with Crippen molar-refractivity contribution in [2.45, 2.75) is 6.42 Å². The van der Waals surface area contributed by atoms with Gasteiger partial charge in [0.1, 0.15) is 29.6 Å². The van der Waals surface area contributed by atoms with Gasteiger partial charge in [0.15, 0.2) is 11.6 Å². The summed E-state index contributed by atoms with van der Waals surface area (Å²) < 4.78 is 5.29. The number of benzene rings is 4. The van der Waals surface area contributed by atoms with E-state index in [9.17, 15) is 24.9 Å². The minimum Gasteiger partial charge on any atom is -0.508 e. The quantitative estimate of drug-likeness (QED) is 0.175. The highest BCUT2D eigenvalue weighted by Gasteiger charge is 2.18. The predicted molar refractivity (Wildman–Crippen MR) is 149 cm³/mol.